The molecule has 1 saturated heterocycles. The van der Waals surface area contributed by atoms with Crippen LogP contribution in [0.2, 0.25) is 0 Å². The molecule has 4 rings (SSSR count). The second-order valence-electron chi connectivity index (χ2n) is 10.1. The first-order valence-electron chi connectivity index (χ1n) is 12.4. The van der Waals surface area contributed by atoms with Gasteiger partial charge in [0.25, 0.3) is 0 Å². The van der Waals surface area contributed by atoms with Crippen molar-refractivity contribution in [3.05, 3.63) is 29.3 Å². The van der Waals surface area contributed by atoms with E-state index in [0.29, 0.717) is 29.9 Å². The van der Waals surface area contributed by atoms with Crippen LogP contribution in [0.3, 0.4) is 0 Å². The number of benzene rings is 1. The Morgan fingerprint density at radius 3 is 2.10 bits per heavy atom. The molecule has 1 N–H and O–H groups in total. The number of rotatable bonds is 5. The lowest BCUT2D eigenvalue weighted by molar-refractivity contribution is -0.202. The third-order valence-electron chi connectivity index (χ3n) is 8.32. The standard InChI is InChI=1S/C26H38F2O3/c1-3-30-23-15-14-21(24(27)25(23)28)19-9-5-17(6-10-19)18-7-11-20(12-8-18)22-13-4-16(2)31-26(22)29/h14-20,22,26,29H,3-13H2,1-2H3. The van der Waals surface area contributed by atoms with Crippen molar-refractivity contribution in [2.45, 2.75) is 96.4 Å². The fourth-order valence-electron chi connectivity index (χ4n) is 6.52. The summed E-state index contributed by atoms with van der Waals surface area (Å²) in [5.41, 5.74) is 0.517. The van der Waals surface area contributed by atoms with Gasteiger partial charge in [-0.05, 0) is 113 Å². The number of ether oxygens (including phenoxy) is 2. The van der Waals surface area contributed by atoms with E-state index in [9.17, 15) is 13.9 Å². The number of halogens is 2. The van der Waals surface area contributed by atoms with Crippen LogP contribution in [-0.4, -0.2) is 24.1 Å². The second kappa shape index (κ2) is 10.2. The summed E-state index contributed by atoms with van der Waals surface area (Å²) < 4.78 is 39.8. The molecule has 3 aliphatic rings. The van der Waals surface area contributed by atoms with Gasteiger partial charge in [-0.3, -0.25) is 0 Å². The number of hydrogen-bond acceptors (Lipinski definition) is 3. The minimum atomic E-state index is -0.844. The highest BCUT2D eigenvalue weighted by Crippen LogP contribution is 2.47. The van der Waals surface area contributed by atoms with Crippen LogP contribution in [0.15, 0.2) is 12.1 Å². The molecule has 0 radical (unpaired) electrons. The smallest absolute Gasteiger partial charge is 0.200 e. The molecule has 174 valence electrons. The van der Waals surface area contributed by atoms with E-state index in [2.05, 4.69) is 0 Å². The van der Waals surface area contributed by atoms with E-state index in [-0.39, 0.29) is 17.8 Å². The lowest BCUT2D eigenvalue weighted by Crippen LogP contribution is -2.39. The van der Waals surface area contributed by atoms with Crippen LogP contribution in [0.5, 0.6) is 5.75 Å². The molecule has 1 aromatic carbocycles. The van der Waals surface area contributed by atoms with Gasteiger partial charge in [0.15, 0.2) is 17.9 Å². The molecule has 2 aliphatic carbocycles. The van der Waals surface area contributed by atoms with Crippen molar-refractivity contribution < 1.29 is 23.4 Å². The summed E-state index contributed by atoms with van der Waals surface area (Å²) in [5.74, 6) is 0.855. The highest BCUT2D eigenvalue weighted by atomic mass is 19.2. The zero-order valence-electron chi connectivity index (χ0n) is 19.0. The first kappa shape index (κ1) is 23.0. The fraction of sp³-hybridized carbons (Fsp3) is 0.769. The zero-order chi connectivity index (χ0) is 22.0. The molecule has 5 heteroatoms. The zero-order valence-corrected chi connectivity index (χ0v) is 19.0. The van der Waals surface area contributed by atoms with E-state index in [1.165, 1.54) is 25.7 Å². The molecule has 0 bridgehead atoms. The van der Waals surface area contributed by atoms with Gasteiger partial charge in [-0.2, -0.15) is 4.39 Å². The van der Waals surface area contributed by atoms with Crippen molar-refractivity contribution in [1.29, 1.82) is 0 Å². The predicted octanol–water partition coefficient (Wildman–Crippen LogP) is 6.58. The van der Waals surface area contributed by atoms with Crippen LogP contribution >= 0.6 is 0 Å². The summed E-state index contributed by atoms with van der Waals surface area (Å²) in [6.45, 7) is 4.14. The monoisotopic (exact) mass is 436 g/mol. The molecule has 0 spiro atoms. The Kier molecular flexibility index (Phi) is 7.53. The summed E-state index contributed by atoms with van der Waals surface area (Å²) in [6, 6.07) is 3.30. The topological polar surface area (TPSA) is 38.7 Å². The first-order valence-corrected chi connectivity index (χ1v) is 12.4. The van der Waals surface area contributed by atoms with E-state index >= 15 is 0 Å². The van der Waals surface area contributed by atoms with E-state index in [1.807, 2.05) is 6.92 Å². The van der Waals surface area contributed by atoms with Crippen LogP contribution in [0.25, 0.3) is 0 Å². The molecule has 31 heavy (non-hydrogen) atoms. The molecule has 3 nitrogen and oxygen atoms in total. The third-order valence-corrected chi connectivity index (χ3v) is 8.32. The lowest BCUT2D eigenvalue weighted by Gasteiger charge is -2.42. The Morgan fingerprint density at radius 2 is 1.48 bits per heavy atom. The van der Waals surface area contributed by atoms with Gasteiger partial charge in [-0.1, -0.05) is 6.07 Å². The predicted molar refractivity (Wildman–Crippen MR) is 117 cm³/mol. The second-order valence-corrected chi connectivity index (χ2v) is 10.1. The van der Waals surface area contributed by atoms with Gasteiger partial charge in [-0.25, -0.2) is 4.39 Å². The van der Waals surface area contributed by atoms with Crippen LogP contribution in [0.1, 0.15) is 89.5 Å². The van der Waals surface area contributed by atoms with E-state index in [1.54, 1.807) is 19.1 Å². The van der Waals surface area contributed by atoms with Crippen molar-refractivity contribution in [1.82, 2.24) is 0 Å². The number of hydrogen-bond donors (Lipinski definition) is 1. The summed E-state index contributed by atoms with van der Waals surface area (Å²) in [6.07, 6.45) is 10.6. The third kappa shape index (κ3) is 5.08. The highest BCUT2D eigenvalue weighted by molar-refractivity contribution is 5.33. The van der Waals surface area contributed by atoms with Gasteiger partial charge in [0.1, 0.15) is 0 Å². The average molecular weight is 437 g/mol. The fourth-order valence-corrected chi connectivity index (χ4v) is 6.52. The summed E-state index contributed by atoms with van der Waals surface area (Å²) in [4.78, 5) is 0. The minimum Gasteiger partial charge on any atom is -0.491 e. The molecule has 1 aliphatic heterocycles. The Hall–Kier alpha value is -1.20. The molecule has 1 aromatic rings. The van der Waals surface area contributed by atoms with Gasteiger partial charge >= 0.3 is 0 Å². The van der Waals surface area contributed by atoms with Crippen molar-refractivity contribution in [2.75, 3.05) is 6.61 Å². The van der Waals surface area contributed by atoms with Crippen molar-refractivity contribution in [3.63, 3.8) is 0 Å². The number of aliphatic hydroxyl groups is 1. The largest absolute Gasteiger partial charge is 0.491 e. The Labute approximate surface area is 185 Å². The maximum atomic E-state index is 14.6. The average Bonchev–Trinajstić information content (AvgIpc) is 2.78. The Morgan fingerprint density at radius 1 is 0.871 bits per heavy atom. The van der Waals surface area contributed by atoms with E-state index in [4.69, 9.17) is 9.47 Å². The van der Waals surface area contributed by atoms with Crippen LogP contribution in [0, 0.1) is 35.3 Å². The quantitative estimate of drug-likeness (QED) is 0.567. The van der Waals surface area contributed by atoms with Gasteiger partial charge in [0.2, 0.25) is 5.82 Å². The first-order chi connectivity index (χ1) is 15.0. The van der Waals surface area contributed by atoms with Crippen molar-refractivity contribution in [3.8, 4) is 5.75 Å². The SMILES string of the molecule is CCOc1ccc(C2CCC(C3CCC(C4CCC(C)OC4O)CC3)CC2)c(F)c1F. The summed E-state index contributed by atoms with van der Waals surface area (Å²) in [7, 11) is 0. The Balaban J connectivity index is 1.28. The van der Waals surface area contributed by atoms with Gasteiger partial charge in [0.05, 0.1) is 12.7 Å². The molecule has 3 unspecified atom stereocenters. The van der Waals surface area contributed by atoms with Crippen LogP contribution in [0.4, 0.5) is 8.78 Å². The molecular formula is C26H38F2O3. The van der Waals surface area contributed by atoms with Crippen molar-refractivity contribution in [2.24, 2.45) is 23.7 Å². The molecule has 0 aromatic heterocycles. The molecule has 0 amide bonds. The maximum absolute atomic E-state index is 14.6. The minimum absolute atomic E-state index is 0.0112. The molecule has 1 heterocycles. The summed E-state index contributed by atoms with van der Waals surface area (Å²) >= 11 is 0. The van der Waals surface area contributed by atoms with Crippen LogP contribution in [-0.2, 0) is 4.74 Å². The Bertz CT molecular complexity index is 724. The highest BCUT2D eigenvalue weighted by Gasteiger charge is 2.38. The van der Waals surface area contributed by atoms with E-state index < -0.39 is 17.9 Å². The molecule has 2 saturated carbocycles. The number of aliphatic hydroxyl groups excluding tert-OH is 1. The molecular weight excluding hydrogens is 398 g/mol. The summed E-state index contributed by atoms with van der Waals surface area (Å²) in [5, 5.41) is 10.3. The normalized spacial score (nSPS) is 36.9. The van der Waals surface area contributed by atoms with Crippen LogP contribution < -0.4 is 4.74 Å². The van der Waals surface area contributed by atoms with Gasteiger partial charge in [-0.15, -0.1) is 0 Å². The van der Waals surface area contributed by atoms with Gasteiger partial charge in [0, 0.05) is 5.92 Å². The molecule has 3 atom stereocenters. The maximum Gasteiger partial charge on any atom is 0.200 e. The van der Waals surface area contributed by atoms with E-state index in [0.717, 1.165) is 44.4 Å². The lowest BCUT2D eigenvalue weighted by atomic mass is 9.66. The van der Waals surface area contributed by atoms with Gasteiger partial charge < -0.3 is 14.6 Å². The van der Waals surface area contributed by atoms with Crippen molar-refractivity contribution >= 4 is 0 Å². The molecule has 3 fully saturated rings.